The van der Waals surface area contributed by atoms with E-state index in [9.17, 15) is 0 Å². The van der Waals surface area contributed by atoms with E-state index in [0.717, 1.165) is 35.6 Å². The van der Waals surface area contributed by atoms with E-state index in [1.165, 1.54) is 111 Å². The third kappa shape index (κ3) is 6.03. The second-order valence-electron chi connectivity index (χ2n) is 18.8. The highest BCUT2D eigenvalue weighted by Gasteiger charge is 2.32. The summed E-state index contributed by atoms with van der Waals surface area (Å²) < 4.78 is 0. The van der Waals surface area contributed by atoms with Crippen molar-refractivity contribution in [1.82, 2.24) is 0 Å². The summed E-state index contributed by atoms with van der Waals surface area (Å²) in [5, 5.41) is 9.76. The Morgan fingerprint density at radius 3 is 1.40 bits per heavy atom. The number of anilines is 8. The van der Waals surface area contributed by atoms with Gasteiger partial charge < -0.3 is 19.6 Å². The van der Waals surface area contributed by atoms with Crippen molar-refractivity contribution in [2.24, 2.45) is 0 Å². The van der Waals surface area contributed by atoms with Crippen LogP contribution in [0, 0.1) is 0 Å². The van der Waals surface area contributed by atoms with Crippen LogP contribution in [0.15, 0.2) is 242 Å². The van der Waals surface area contributed by atoms with Crippen molar-refractivity contribution in [1.29, 1.82) is 0 Å². The maximum absolute atomic E-state index is 2.51. The molecule has 0 aromatic heterocycles. The molecule has 0 radical (unpaired) electrons. The van der Waals surface area contributed by atoms with Gasteiger partial charge in [-0.25, -0.2) is 0 Å². The summed E-state index contributed by atoms with van der Waals surface area (Å²) in [6.45, 7) is 0. The minimum atomic E-state index is 0.992. The molecule has 0 N–H and O–H groups in total. The molecule has 1 aliphatic carbocycles. The second kappa shape index (κ2) is 15.9. The lowest BCUT2D eigenvalue weighted by molar-refractivity contribution is 0.849. The van der Waals surface area contributed by atoms with Crippen LogP contribution in [0.25, 0.3) is 76.5 Å². The van der Waals surface area contributed by atoms with Crippen LogP contribution in [-0.4, -0.2) is 14.1 Å². The monoisotopic (exact) mass is 896 g/mol. The number of fused-ring (bicyclic) bond motifs is 7. The Bertz CT molecular complexity index is 3970. The minimum absolute atomic E-state index is 0.992. The molecule has 70 heavy (non-hydrogen) atoms. The fourth-order valence-corrected chi connectivity index (χ4v) is 12.0. The Kier molecular flexibility index (Phi) is 9.12. The zero-order valence-electron chi connectivity index (χ0n) is 39.1. The molecule has 0 atom stereocenters. The molecule has 11 aromatic rings. The fraction of sp³-hybridized carbons (Fsp3) is 0.0606. The van der Waals surface area contributed by atoms with Gasteiger partial charge in [0.25, 0.3) is 0 Å². The number of hydrogen-bond donors (Lipinski definition) is 0. The van der Waals surface area contributed by atoms with Crippen molar-refractivity contribution in [2.75, 3.05) is 33.7 Å². The number of rotatable bonds is 5. The SMILES string of the molecule is CN1C2=C(C=CCC2)N(c2ccc3c(-c4ccccc4-c4cccc5ccccc45)c4cc(N5c6ccccc6N(C)c6ccccc65)ccc4c(-c4cccc5ccccc45)c3c2)c2ccccc21. The number of nitrogens with zero attached hydrogens (tertiary/aromatic N) is 4. The van der Waals surface area contributed by atoms with Crippen molar-refractivity contribution < 1.29 is 0 Å². The van der Waals surface area contributed by atoms with Gasteiger partial charge in [0, 0.05) is 31.2 Å². The highest BCUT2D eigenvalue weighted by atomic mass is 15.3. The minimum Gasteiger partial charge on any atom is -0.345 e. The fourth-order valence-electron chi connectivity index (χ4n) is 12.0. The lowest BCUT2D eigenvalue weighted by Gasteiger charge is -2.41. The van der Waals surface area contributed by atoms with Gasteiger partial charge in [-0.2, -0.15) is 0 Å². The Morgan fingerprint density at radius 1 is 0.329 bits per heavy atom. The summed E-state index contributed by atoms with van der Waals surface area (Å²) >= 11 is 0. The second-order valence-corrected chi connectivity index (χ2v) is 18.8. The van der Waals surface area contributed by atoms with E-state index in [2.05, 4.69) is 264 Å². The van der Waals surface area contributed by atoms with Gasteiger partial charge in [-0.05, 0) is 156 Å². The molecule has 11 aromatic carbocycles. The molecule has 0 unspecified atom stereocenters. The third-order valence-electron chi connectivity index (χ3n) is 15.2. The number of allylic oxidation sites excluding steroid dienone is 3. The van der Waals surface area contributed by atoms with Crippen molar-refractivity contribution in [3.63, 3.8) is 0 Å². The van der Waals surface area contributed by atoms with Gasteiger partial charge in [-0.3, -0.25) is 0 Å². The summed E-state index contributed by atoms with van der Waals surface area (Å²) in [6, 6.07) is 81.3. The predicted octanol–water partition coefficient (Wildman–Crippen LogP) is 18.0. The number of hydrogen-bond acceptors (Lipinski definition) is 4. The molecular weight excluding hydrogens is 849 g/mol. The average molecular weight is 897 g/mol. The Labute approximate surface area is 408 Å². The Morgan fingerprint density at radius 2 is 0.771 bits per heavy atom. The van der Waals surface area contributed by atoms with Crippen LogP contribution in [0.4, 0.5) is 45.5 Å². The van der Waals surface area contributed by atoms with Crippen LogP contribution >= 0.6 is 0 Å². The van der Waals surface area contributed by atoms with Gasteiger partial charge in [0.2, 0.25) is 0 Å². The molecule has 0 bridgehead atoms. The first kappa shape index (κ1) is 40.2. The molecular formula is C66H48N4. The van der Waals surface area contributed by atoms with Gasteiger partial charge in [0.05, 0.1) is 39.8 Å². The van der Waals surface area contributed by atoms with Crippen LogP contribution in [0.3, 0.4) is 0 Å². The molecule has 332 valence electrons. The zero-order valence-corrected chi connectivity index (χ0v) is 39.1. The molecule has 0 saturated heterocycles. The topological polar surface area (TPSA) is 13.0 Å². The van der Waals surface area contributed by atoms with Gasteiger partial charge in [0.15, 0.2) is 0 Å². The smallest absolute Gasteiger partial charge is 0.0699 e. The molecule has 0 fully saturated rings. The molecule has 14 rings (SSSR count). The van der Waals surface area contributed by atoms with E-state index in [1.807, 2.05) is 0 Å². The first-order chi connectivity index (χ1) is 34.6. The van der Waals surface area contributed by atoms with Gasteiger partial charge in [0.1, 0.15) is 0 Å². The van der Waals surface area contributed by atoms with Crippen molar-refractivity contribution in [3.05, 3.63) is 242 Å². The standard InChI is InChI=1S/C66H48N4/c1-67-57-29-9-13-33-61(57)69(62-34-14-10-30-58(62)67)45-38-40-54-55(41-45)65(51-28-18-22-44-20-4-6-24-48(44)51)53-39-37-46(70-63-35-15-11-31-59(63)68(2)60-32-12-16-36-64(60)70)42-56(53)66(54)52-26-8-7-25-50(52)49-27-17-21-43-19-3-5-23-47(43)49/h3-9,11-29,31-42H,10,30H2,1-2H3. The van der Waals surface area contributed by atoms with Crippen LogP contribution in [0.1, 0.15) is 12.8 Å². The van der Waals surface area contributed by atoms with E-state index < -0.39 is 0 Å². The lowest BCUT2D eigenvalue weighted by atomic mass is 9.82. The first-order valence-electron chi connectivity index (χ1n) is 24.4. The highest BCUT2D eigenvalue weighted by Crippen LogP contribution is 2.55. The summed E-state index contributed by atoms with van der Waals surface area (Å²) in [5.41, 5.74) is 19.2. The van der Waals surface area contributed by atoms with Crippen molar-refractivity contribution in [2.45, 2.75) is 12.8 Å². The average Bonchev–Trinajstić information content (AvgIpc) is 3.42. The quantitative estimate of drug-likeness (QED) is 0.160. The normalized spacial score (nSPS) is 14.1. The van der Waals surface area contributed by atoms with Crippen LogP contribution in [-0.2, 0) is 0 Å². The zero-order chi connectivity index (χ0) is 46.5. The molecule has 0 spiro atoms. The molecule has 2 heterocycles. The van der Waals surface area contributed by atoms with Crippen LogP contribution in [0.5, 0.6) is 0 Å². The van der Waals surface area contributed by atoms with Crippen molar-refractivity contribution in [3.8, 4) is 33.4 Å². The summed E-state index contributed by atoms with van der Waals surface area (Å²) in [5.74, 6) is 0. The highest BCUT2D eigenvalue weighted by molar-refractivity contribution is 6.26. The van der Waals surface area contributed by atoms with E-state index in [1.54, 1.807) is 0 Å². The maximum Gasteiger partial charge on any atom is 0.0699 e. The maximum atomic E-state index is 2.51. The van der Waals surface area contributed by atoms with Crippen LogP contribution in [0.2, 0.25) is 0 Å². The molecule has 0 saturated carbocycles. The predicted molar refractivity (Wildman–Crippen MR) is 298 cm³/mol. The van der Waals surface area contributed by atoms with E-state index >= 15 is 0 Å². The first-order valence-corrected chi connectivity index (χ1v) is 24.4. The van der Waals surface area contributed by atoms with Gasteiger partial charge >= 0.3 is 0 Å². The van der Waals surface area contributed by atoms with E-state index in [4.69, 9.17) is 0 Å². The van der Waals surface area contributed by atoms with E-state index in [0.29, 0.717) is 0 Å². The van der Waals surface area contributed by atoms with Crippen LogP contribution < -0.4 is 19.6 Å². The number of para-hydroxylation sites is 6. The Hall–Kier alpha value is -8.86. The van der Waals surface area contributed by atoms with Gasteiger partial charge in [-0.1, -0.05) is 164 Å². The Balaban J connectivity index is 1.13. The summed E-state index contributed by atoms with van der Waals surface area (Å²) in [4.78, 5) is 9.69. The van der Waals surface area contributed by atoms with E-state index in [-0.39, 0.29) is 0 Å². The summed E-state index contributed by atoms with van der Waals surface area (Å²) in [6.07, 6.45) is 6.69. The molecule has 2 aliphatic heterocycles. The third-order valence-corrected chi connectivity index (χ3v) is 15.2. The molecule has 4 nitrogen and oxygen atoms in total. The summed E-state index contributed by atoms with van der Waals surface area (Å²) in [7, 11) is 4.40. The number of benzene rings is 11. The molecule has 4 heteroatoms. The van der Waals surface area contributed by atoms with Crippen molar-refractivity contribution >= 4 is 88.6 Å². The largest absolute Gasteiger partial charge is 0.345 e. The molecule has 0 amide bonds. The van der Waals surface area contributed by atoms with Gasteiger partial charge in [-0.15, -0.1) is 0 Å². The lowest BCUT2D eigenvalue weighted by Crippen LogP contribution is -2.32. The molecule has 3 aliphatic rings.